The molecule has 6 heteroatoms. The summed E-state index contributed by atoms with van der Waals surface area (Å²) in [4.78, 5) is 19.9. The number of carbonyl (C=O) groups excluding carboxylic acids is 1. The summed E-state index contributed by atoms with van der Waals surface area (Å²) < 4.78 is 11.3. The third kappa shape index (κ3) is 2.03. The van der Waals surface area contributed by atoms with Gasteiger partial charge in [0.15, 0.2) is 0 Å². The highest BCUT2D eigenvalue weighted by molar-refractivity contribution is 5.75. The van der Waals surface area contributed by atoms with Crippen LogP contribution in [-0.4, -0.2) is 22.0 Å². The van der Waals surface area contributed by atoms with Crippen molar-refractivity contribution in [2.45, 2.75) is 12.5 Å². The molecule has 12 heavy (non-hydrogen) atoms. The van der Waals surface area contributed by atoms with Crippen molar-refractivity contribution in [1.29, 1.82) is 0 Å². The van der Waals surface area contributed by atoms with E-state index in [9.17, 15) is 9.32 Å². The van der Waals surface area contributed by atoms with Crippen LogP contribution in [0.25, 0.3) is 0 Å². The van der Waals surface area contributed by atoms with Crippen LogP contribution < -0.4 is 5.73 Å². The lowest BCUT2D eigenvalue weighted by Crippen LogP contribution is -2.33. The molecule has 0 saturated carbocycles. The molecule has 1 atom stereocenters. The average Bonchev–Trinajstić information content (AvgIpc) is 2.55. The Morgan fingerprint density at radius 2 is 2.67 bits per heavy atom. The van der Waals surface area contributed by atoms with Gasteiger partial charge in [-0.25, -0.2) is 9.78 Å². The van der Waals surface area contributed by atoms with Gasteiger partial charge in [-0.1, -0.05) is 0 Å². The Kier molecular flexibility index (Phi) is 2.76. The molecule has 1 aromatic heterocycles. The first-order valence-corrected chi connectivity index (χ1v) is 3.29. The summed E-state index contributed by atoms with van der Waals surface area (Å²) in [6, 6.07) is -1.00. The number of nitrogens with one attached hydrogen (secondary N) is 1. The van der Waals surface area contributed by atoms with Crippen molar-refractivity contribution in [3.05, 3.63) is 18.2 Å². The zero-order valence-electron chi connectivity index (χ0n) is 6.16. The van der Waals surface area contributed by atoms with E-state index >= 15 is 0 Å². The van der Waals surface area contributed by atoms with E-state index < -0.39 is 12.0 Å². The van der Waals surface area contributed by atoms with E-state index in [1.54, 1.807) is 6.20 Å². The Labute approximate surface area is 67.6 Å². The summed E-state index contributed by atoms with van der Waals surface area (Å²) in [5.41, 5.74) is 5.84. The summed E-state index contributed by atoms with van der Waals surface area (Å²) in [6.45, 7) is 0. The molecule has 0 aliphatic rings. The number of H-pyrrole nitrogens is 1. The molecule has 1 aromatic rings. The molecule has 0 aliphatic carbocycles. The largest absolute Gasteiger partial charge is 0.365 e. The lowest BCUT2D eigenvalue weighted by molar-refractivity contribution is -0.185. The fourth-order valence-corrected chi connectivity index (χ4v) is 0.768. The molecule has 0 aliphatic heterocycles. The second-order valence-electron chi connectivity index (χ2n) is 2.27. The van der Waals surface area contributed by atoms with E-state index in [-0.39, 0.29) is 6.42 Å². The maximum absolute atomic E-state index is 11.3. The molecular weight excluding hydrogens is 165 g/mol. The molecule has 0 aromatic carbocycles. The SMILES string of the molecule is N[C@@H](Cc1c[nH]cn1)C(=O)OF. The summed E-state index contributed by atoms with van der Waals surface area (Å²) in [5, 5.41) is 0. The van der Waals surface area contributed by atoms with E-state index in [0.29, 0.717) is 5.69 Å². The van der Waals surface area contributed by atoms with Crippen LogP contribution in [0, 0.1) is 0 Å². The number of hydrogen-bond donors (Lipinski definition) is 2. The molecule has 1 rings (SSSR count). The van der Waals surface area contributed by atoms with Crippen LogP contribution >= 0.6 is 0 Å². The van der Waals surface area contributed by atoms with E-state index in [1.807, 2.05) is 0 Å². The zero-order chi connectivity index (χ0) is 8.97. The van der Waals surface area contributed by atoms with Gasteiger partial charge in [0.2, 0.25) is 0 Å². The van der Waals surface area contributed by atoms with Crippen molar-refractivity contribution >= 4 is 5.97 Å². The highest BCUT2D eigenvalue weighted by atomic mass is 19.3. The van der Waals surface area contributed by atoms with Crippen LogP contribution in [-0.2, 0) is 16.2 Å². The molecule has 0 bridgehead atoms. The van der Waals surface area contributed by atoms with Gasteiger partial charge in [-0.15, -0.1) is 0 Å². The predicted molar refractivity (Wildman–Crippen MR) is 37.5 cm³/mol. The molecule has 0 radical (unpaired) electrons. The first kappa shape index (κ1) is 8.66. The number of hydrogen-bond acceptors (Lipinski definition) is 4. The topological polar surface area (TPSA) is 81.0 Å². The van der Waals surface area contributed by atoms with E-state index in [2.05, 4.69) is 14.9 Å². The minimum absolute atomic E-state index is 0.159. The van der Waals surface area contributed by atoms with Crippen LogP contribution in [0.4, 0.5) is 4.53 Å². The van der Waals surface area contributed by atoms with Crippen LogP contribution in [0.15, 0.2) is 12.5 Å². The highest BCUT2D eigenvalue weighted by Crippen LogP contribution is 1.97. The van der Waals surface area contributed by atoms with Gasteiger partial charge in [0.05, 0.1) is 12.0 Å². The predicted octanol–water partition coefficient (Wildman–Crippen LogP) is -0.293. The fraction of sp³-hybridized carbons (Fsp3) is 0.333. The number of imidazole rings is 1. The number of rotatable bonds is 3. The van der Waals surface area contributed by atoms with Gasteiger partial charge < -0.3 is 10.7 Å². The number of aromatic amines is 1. The van der Waals surface area contributed by atoms with Gasteiger partial charge in [-0.3, -0.25) is 4.94 Å². The Morgan fingerprint density at radius 1 is 1.92 bits per heavy atom. The van der Waals surface area contributed by atoms with Crippen LogP contribution in [0.5, 0.6) is 0 Å². The molecule has 1 heterocycles. The van der Waals surface area contributed by atoms with E-state index in [4.69, 9.17) is 5.73 Å². The van der Waals surface area contributed by atoms with Crippen LogP contribution in [0.1, 0.15) is 5.69 Å². The Balaban J connectivity index is 2.47. The molecule has 5 nitrogen and oxygen atoms in total. The number of nitrogens with two attached hydrogens (primary N) is 1. The first-order valence-electron chi connectivity index (χ1n) is 3.29. The van der Waals surface area contributed by atoms with Crippen molar-refractivity contribution in [2.24, 2.45) is 5.73 Å². The first-order chi connectivity index (χ1) is 5.74. The molecule has 0 amide bonds. The Bertz CT molecular complexity index is 249. The molecular formula is C6H8FN3O2. The Morgan fingerprint density at radius 3 is 3.17 bits per heavy atom. The highest BCUT2D eigenvalue weighted by Gasteiger charge is 2.16. The van der Waals surface area contributed by atoms with Gasteiger partial charge in [0, 0.05) is 17.1 Å². The van der Waals surface area contributed by atoms with Crippen LogP contribution in [0.2, 0.25) is 0 Å². The van der Waals surface area contributed by atoms with Crippen molar-refractivity contribution in [3.63, 3.8) is 0 Å². The maximum atomic E-state index is 11.3. The molecule has 0 spiro atoms. The standard InChI is InChI=1S/C6H8FN3O2/c7-12-6(11)5(8)1-4-2-9-3-10-4/h2-3,5H,1,8H2,(H,9,10)/t5-/m0/s1. The Hall–Kier alpha value is -1.43. The number of halogens is 1. The third-order valence-corrected chi connectivity index (χ3v) is 1.36. The van der Waals surface area contributed by atoms with Crippen molar-refractivity contribution in [1.82, 2.24) is 9.97 Å². The molecule has 0 unspecified atom stereocenters. The van der Waals surface area contributed by atoms with Crippen LogP contribution in [0.3, 0.4) is 0 Å². The monoisotopic (exact) mass is 173 g/mol. The smallest absolute Gasteiger partial charge is 0.351 e. The summed E-state index contributed by atoms with van der Waals surface area (Å²) in [6.07, 6.45) is 3.18. The maximum Gasteiger partial charge on any atom is 0.365 e. The van der Waals surface area contributed by atoms with Crippen molar-refractivity contribution in [2.75, 3.05) is 0 Å². The van der Waals surface area contributed by atoms with E-state index in [1.165, 1.54) is 6.33 Å². The molecule has 3 N–H and O–H groups in total. The fourth-order valence-electron chi connectivity index (χ4n) is 0.768. The second kappa shape index (κ2) is 3.82. The number of aromatic nitrogens is 2. The zero-order valence-corrected chi connectivity index (χ0v) is 6.16. The lowest BCUT2D eigenvalue weighted by Gasteiger charge is -2.02. The molecule has 0 fully saturated rings. The van der Waals surface area contributed by atoms with Crippen molar-refractivity contribution in [3.8, 4) is 0 Å². The van der Waals surface area contributed by atoms with Gasteiger partial charge >= 0.3 is 5.97 Å². The quantitative estimate of drug-likeness (QED) is 0.657. The molecule has 0 saturated heterocycles. The summed E-state index contributed by atoms with van der Waals surface area (Å²) in [5.74, 6) is -1.09. The lowest BCUT2D eigenvalue weighted by atomic mass is 10.2. The van der Waals surface area contributed by atoms with Gasteiger partial charge in [0.25, 0.3) is 0 Å². The average molecular weight is 173 g/mol. The second-order valence-corrected chi connectivity index (χ2v) is 2.27. The minimum atomic E-state index is -1.09. The van der Waals surface area contributed by atoms with Gasteiger partial charge in [-0.05, 0) is 0 Å². The van der Waals surface area contributed by atoms with Gasteiger partial charge in [-0.2, -0.15) is 0 Å². The summed E-state index contributed by atoms with van der Waals surface area (Å²) in [7, 11) is 0. The molecule has 66 valence electrons. The minimum Gasteiger partial charge on any atom is -0.351 e. The normalized spacial score (nSPS) is 12.5. The summed E-state index contributed by atoms with van der Waals surface area (Å²) >= 11 is 0. The van der Waals surface area contributed by atoms with Crippen molar-refractivity contribution < 1.29 is 14.3 Å². The number of carbonyl (C=O) groups is 1. The van der Waals surface area contributed by atoms with Gasteiger partial charge in [0.1, 0.15) is 6.04 Å². The number of nitrogens with zero attached hydrogens (tertiary/aromatic N) is 1. The third-order valence-electron chi connectivity index (χ3n) is 1.36. The van der Waals surface area contributed by atoms with E-state index in [0.717, 1.165) is 0 Å².